The number of nitrogens with one attached hydrogen (secondary N) is 3. The van der Waals surface area contributed by atoms with E-state index in [1.165, 1.54) is 0 Å². The summed E-state index contributed by atoms with van der Waals surface area (Å²) >= 11 is 0. The Morgan fingerprint density at radius 3 is 2.95 bits per heavy atom. The molecule has 1 aromatic heterocycles. The van der Waals surface area contributed by atoms with Crippen LogP contribution >= 0.6 is 0 Å². The maximum atomic E-state index is 11.8. The molecule has 1 heterocycles. The number of nitrogen functional groups attached to an aromatic ring is 1. The van der Waals surface area contributed by atoms with Crippen LogP contribution in [0.25, 0.3) is 0 Å². The highest BCUT2D eigenvalue weighted by Crippen LogP contribution is 2.25. The van der Waals surface area contributed by atoms with Crippen LogP contribution in [-0.2, 0) is 0 Å². The average molecular weight is 273 g/mol. The van der Waals surface area contributed by atoms with Crippen molar-refractivity contribution in [2.45, 2.75) is 19.9 Å². The molecule has 6 heteroatoms. The molecule has 1 unspecified atom stereocenters. The van der Waals surface area contributed by atoms with Crippen molar-refractivity contribution >= 4 is 17.3 Å². The molecule has 0 saturated heterocycles. The van der Waals surface area contributed by atoms with E-state index in [0.717, 1.165) is 11.3 Å². The second-order valence-corrected chi connectivity index (χ2v) is 4.56. The van der Waals surface area contributed by atoms with Crippen LogP contribution in [0, 0.1) is 0 Å². The second kappa shape index (κ2) is 6.10. The predicted molar refractivity (Wildman–Crippen MR) is 79.5 cm³/mol. The Bertz CT molecular complexity index is 579. The molecule has 0 aliphatic carbocycles. The van der Waals surface area contributed by atoms with E-state index in [9.17, 15) is 4.79 Å². The first kappa shape index (κ1) is 13.9. The molecule has 106 valence electrons. The summed E-state index contributed by atoms with van der Waals surface area (Å²) in [6, 6.07) is 5.25. The van der Waals surface area contributed by atoms with Crippen LogP contribution in [-0.4, -0.2) is 22.6 Å². The lowest BCUT2D eigenvalue weighted by atomic mass is 10.1. The van der Waals surface area contributed by atoms with Crippen LogP contribution in [0.3, 0.4) is 0 Å². The summed E-state index contributed by atoms with van der Waals surface area (Å²) in [7, 11) is 0. The van der Waals surface area contributed by atoms with E-state index in [4.69, 9.17) is 5.73 Å². The van der Waals surface area contributed by atoms with Crippen molar-refractivity contribution < 1.29 is 4.79 Å². The van der Waals surface area contributed by atoms with E-state index < -0.39 is 0 Å². The van der Waals surface area contributed by atoms with Gasteiger partial charge in [0.05, 0.1) is 23.6 Å². The van der Waals surface area contributed by atoms with Gasteiger partial charge in [-0.15, -0.1) is 0 Å². The molecule has 2 aromatic rings. The first-order valence-electron chi connectivity index (χ1n) is 6.54. The Hall–Kier alpha value is -2.50. The number of aromatic nitrogens is 2. The van der Waals surface area contributed by atoms with E-state index in [1.807, 2.05) is 20.0 Å². The summed E-state index contributed by atoms with van der Waals surface area (Å²) in [6.45, 7) is 4.48. The summed E-state index contributed by atoms with van der Waals surface area (Å²) in [5, 5.41) is 12.7. The van der Waals surface area contributed by atoms with E-state index in [0.29, 0.717) is 17.8 Å². The van der Waals surface area contributed by atoms with Crippen LogP contribution in [0.2, 0.25) is 0 Å². The number of anilines is 2. The van der Waals surface area contributed by atoms with E-state index in [-0.39, 0.29) is 11.9 Å². The maximum absolute atomic E-state index is 11.8. The molecule has 0 bridgehead atoms. The van der Waals surface area contributed by atoms with Crippen LogP contribution in [0.5, 0.6) is 0 Å². The molecule has 0 spiro atoms. The molecule has 2 rings (SSSR count). The number of carbonyl (C=O) groups excluding carboxylic acids is 1. The average Bonchev–Trinajstić information content (AvgIpc) is 2.95. The molecule has 6 nitrogen and oxygen atoms in total. The molecule has 5 N–H and O–H groups in total. The molecule has 1 amide bonds. The molecule has 1 atom stereocenters. The van der Waals surface area contributed by atoms with Crippen LogP contribution in [0.15, 0.2) is 30.6 Å². The normalized spacial score (nSPS) is 11.9. The van der Waals surface area contributed by atoms with Crippen molar-refractivity contribution in [1.82, 2.24) is 15.5 Å². The molecule has 20 heavy (non-hydrogen) atoms. The fourth-order valence-electron chi connectivity index (χ4n) is 1.90. The number of nitrogens with two attached hydrogens (primary N) is 1. The summed E-state index contributed by atoms with van der Waals surface area (Å²) in [4.78, 5) is 11.8. The van der Waals surface area contributed by atoms with Crippen molar-refractivity contribution in [1.29, 1.82) is 0 Å². The predicted octanol–water partition coefficient (Wildman–Crippen LogP) is 1.91. The lowest BCUT2D eigenvalue weighted by Crippen LogP contribution is -2.22. The van der Waals surface area contributed by atoms with E-state index in [1.54, 1.807) is 24.4 Å². The standard InChI is InChI=1S/C14H19N5O/c1-3-16-14(20)10-4-5-12(15)13(6-10)19-9(2)11-7-17-18-8-11/h4-9,19H,3,15H2,1-2H3,(H,16,20)(H,17,18). The van der Waals surface area contributed by atoms with Crippen molar-refractivity contribution in [3.05, 3.63) is 41.7 Å². The fourth-order valence-corrected chi connectivity index (χ4v) is 1.90. The third-order valence-corrected chi connectivity index (χ3v) is 3.04. The summed E-state index contributed by atoms with van der Waals surface area (Å²) in [5.74, 6) is -0.105. The van der Waals surface area contributed by atoms with Crippen molar-refractivity contribution in [3.63, 3.8) is 0 Å². The molecular formula is C14H19N5O. The molecule has 0 fully saturated rings. The topological polar surface area (TPSA) is 95.8 Å². The Kier molecular flexibility index (Phi) is 4.24. The third-order valence-electron chi connectivity index (χ3n) is 3.04. The van der Waals surface area contributed by atoms with Gasteiger partial charge < -0.3 is 16.4 Å². The number of aromatic amines is 1. The van der Waals surface area contributed by atoms with Gasteiger partial charge in [0.25, 0.3) is 5.91 Å². The number of benzene rings is 1. The van der Waals surface area contributed by atoms with E-state index >= 15 is 0 Å². The smallest absolute Gasteiger partial charge is 0.251 e. The van der Waals surface area contributed by atoms with Gasteiger partial charge in [0.15, 0.2) is 0 Å². The zero-order chi connectivity index (χ0) is 14.5. The first-order chi connectivity index (χ1) is 9.61. The number of rotatable bonds is 5. The Morgan fingerprint density at radius 1 is 1.50 bits per heavy atom. The minimum absolute atomic E-state index is 0.0422. The number of hydrogen-bond acceptors (Lipinski definition) is 4. The van der Waals surface area contributed by atoms with Crippen LogP contribution in [0.1, 0.15) is 35.8 Å². The van der Waals surface area contributed by atoms with Gasteiger partial charge in [0.1, 0.15) is 0 Å². The number of amides is 1. The lowest BCUT2D eigenvalue weighted by Gasteiger charge is -2.16. The van der Waals surface area contributed by atoms with Crippen molar-refractivity contribution in [3.8, 4) is 0 Å². The maximum Gasteiger partial charge on any atom is 0.251 e. The minimum Gasteiger partial charge on any atom is -0.397 e. The molecular weight excluding hydrogens is 254 g/mol. The highest BCUT2D eigenvalue weighted by molar-refractivity contribution is 5.96. The highest BCUT2D eigenvalue weighted by atomic mass is 16.1. The molecule has 0 aliphatic rings. The SMILES string of the molecule is CCNC(=O)c1ccc(N)c(NC(C)c2cn[nH]c2)c1. The summed E-state index contributed by atoms with van der Waals surface area (Å²) in [5.41, 5.74) is 8.90. The second-order valence-electron chi connectivity index (χ2n) is 4.56. The van der Waals surface area contributed by atoms with Gasteiger partial charge in [0, 0.05) is 23.9 Å². The molecule has 1 aromatic carbocycles. The number of H-pyrrole nitrogens is 1. The Balaban J connectivity index is 2.18. The van der Waals surface area contributed by atoms with E-state index in [2.05, 4.69) is 20.8 Å². The van der Waals surface area contributed by atoms with Gasteiger partial charge in [-0.3, -0.25) is 9.89 Å². The minimum atomic E-state index is -0.105. The number of nitrogens with zero attached hydrogens (tertiary/aromatic N) is 1. The van der Waals surface area contributed by atoms with Crippen LogP contribution in [0.4, 0.5) is 11.4 Å². The van der Waals surface area contributed by atoms with Crippen molar-refractivity contribution in [2.75, 3.05) is 17.6 Å². The molecule has 0 saturated carbocycles. The van der Waals surface area contributed by atoms with Gasteiger partial charge in [-0.25, -0.2) is 0 Å². The van der Waals surface area contributed by atoms with Crippen LogP contribution < -0.4 is 16.4 Å². The van der Waals surface area contributed by atoms with Gasteiger partial charge in [0.2, 0.25) is 0 Å². The number of carbonyl (C=O) groups is 1. The van der Waals surface area contributed by atoms with Gasteiger partial charge in [-0.05, 0) is 32.0 Å². The Labute approximate surface area is 117 Å². The zero-order valence-electron chi connectivity index (χ0n) is 11.6. The van der Waals surface area contributed by atoms with Gasteiger partial charge >= 0.3 is 0 Å². The molecule has 0 aliphatic heterocycles. The largest absolute Gasteiger partial charge is 0.397 e. The fraction of sp³-hybridized carbons (Fsp3) is 0.286. The quantitative estimate of drug-likeness (QED) is 0.626. The zero-order valence-corrected chi connectivity index (χ0v) is 11.6. The first-order valence-corrected chi connectivity index (χ1v) is 6.54. The summed E-state index contributed by atoms with van der Waals surface area (Å²) < 4.78 is 0. The molecule has 0 radical (unpaired) electrons. The Morgan fingerprint density at radius 2 is 2.30 bits per heavy atom. The van der Waals surface area contributed by atoms with Gasteiger partial charge in [-0.1, -0.05) is 0 Å². The lowest BCUT2D eigenvalue weighted by molar-refractivity contribution is 0.0956. The highest BCUT2D eigenvalue weighted by Gasteiger charge is 2.11. The third kappa shape index (κ3) is 3.09. The number of hydrogen-bond donors (Lipinski definition) is 4. The van der Waals surface area contributed by atoms with Crippen molar-refractivity contribution in [2.24, 2.45) is 0 Å². The summed E-state index contributed by atoms with van der Waals surface area (Å²) in [6.07, 6.45) is 3.57. The monoisotopic (exact) mass is 273 g/mol. The van der Waals surface area contributed by atoms with Gasteiger partial charge in [-0.2, -0.15) is 5.10 Å².